The molecule has 2 atom stereocenters. The minimum atomic E-state index is -1.33. The number of carbonyl (C=O) groups excluding carboxylic acids is 4. The number of thioether (sulfide) groups is 1. The molecule has 11 nitrogen and oxygen atoms in total. The highest BCUT2D eigenvalue weighted by Gasteiger charge is 2.51. The van der Waals surface area contributed by atoms with Gasteiger partial charge in [0.2, 0.25) is 5.91 Å². The van der Waals surface area contributed by atoms with E-state index in [1.165, 1.54) is 36.0 Å². The number of carboxylic acids is 1. The summed E-state index contributed by atoms with van der Waals surface area (Å²) in [6, 6.07) is 4.89. The number of imide groups is 1. The van der Waals surface area contributed by atoms with Gasteiger partial charge in [0.1, 0.15) is 23.7 Å². The molecular formula is C19H19N3O8S. The summed E-state index contributed by atoms with van der Waals surface area (Å²) in [4.78, 5) is 61.1. The van der Waals surface area contributed by atoms with Gasteiger partial charge >= 0.3 is 18.0 Å². The Labute approximate surface area is 180 Å². The van der Waals surface area contributed by atoms with Crippen LogP contribution in [-0.4, -0.2) is 70.2 Å². The summed E-state index contributed by atoms with van der Waals surface area (Å²) in [5.74, 6) is -3.38. The Morgan fingerprint density at radius 1 is 1.23 bits per heavy atom. The van der Waals surface area contributed by atoms with Crippen molar-refractivity contribution in [2.24, 2.45) is 5.73 Å². The summed E-state index contributed by atoms with van der Waals surface area (Å²) in [7, 11) is 0. The van der Waals surface area contributed by atoms with Crippen LogP contribution in [0.3, 0.4) is 0 Å². The lowest BCUT2D eigenvalue weighted by molar-refractivity contribution is -0.148. The second-order valence-corrected chi connectivity index (χ2v) is 7.59. The van der Waals surface area contributed by atoms with Crippen molar-refractivity contribution in [1.29, 1.82) is 0 Å². The quantitative estimate of drug-likeness (QED) is 0.406. The summed E-state index contributed by atoms with van der Waals surface area (Å²) in [6.07, 6.45) is -0.960. The average molecular weight is 449 g/mol. The third-order valence-corrected chi connectivity index (χ3v) is 5.91. The molecule has 1 aromatic rings. The fourth-order valence-corrected chi connectivity index (χ4v) is 4.38. The molecule has 31 heavy (non-hydrogen) atoms. The van der Waals surface area contributed by atoms with Crippen molar-refractivity contribution in [2.45, 2.75) is 18.3 Å². The van der Waals surface area contributed by atoms with Crippen LogP contribution in [0.15, 0.2) is 35.5 Å². The molecule has 12 heteroatoms. The summed E-state index contributed by atoms with van der Waals surface area (Å²) >= 11 is 1.27. The first-order valence-corrected chi connectivity index (χ1v) is 10.2. The zero-order chi connectivity index (χ0) is 22.7. The van der Waals surface area contributed by atoms with Gasteiger partial charge in [0, 0.05) is 11.3 Å². The first-order valence-electron chi connectivity index (χ1n) is 9.16. The van der Waals surface area contributed by atoms with E-state index in [4.69, 9.17) is 10.5 Å². The number of aliphatic carboxylic acids is 1. The van der Waals surface area contributed by atoms with Crippen molar-refractivity contribution < 1.29 is 38.6 Å². The molecule has 0 radical (unpaired) electrons. The number of esters is 1. The Morgan fingerprint density at radius 2 is 1.90 bits per heavy atom. The highest BCUT2D eigenvalue weighted by Crippen LogP contribution is 2.39. The lowest BCUT2D eigenvalue weighted by Crippen LogP contribution is -2.68. The van der Waals surface area contributed by atoms with E-state index in [2.05, 4.69) is 4.74 Å². The fraction of sp³-hybridized carbons (Fsp3) is 0.316. The third-order valence-electron chi connectivity index (χ3n) is 4.55. The van der Waals surface area contributed by atoms with E-state index in [1.54, 1.807) is 6.92 Å². The zero-order valence-corrected chi connectivity index (χ0v) is 17.1. The number of hydrogen-bond donors (Lipinski definition) is 3. The largest absolute Gasteiger partial charge is 0.477 e. The number of hydrogen-bond acceptors (Lipinski definition) is 9. The molecule has 0 bridgehead atoms. The molecule has 1 aromatic carbocycles. The maximum absolute atomic E-state index is 12.6. The Bertz CT molecular complexity index is 992. The van der Waals surface area contributed by atoms with Crippen molar-refractivity contribution in [3.8, 4) is 0 Å². The van der Waals surface area contributed by atoms with Crippen LogP contribution in [0.4, 0.5) is 4.79 Å². The van der Waals surface area contributed by atoms with Crippen LogP contribution in [-0.2, 0) is 19.1 Å². The van der Waals surface area contributed by atoms with Crippen molar-refractivity contribution in [3.05, 3.63) is 46.7 Å². The summed E-state index contributed by atoms with van der Waals surface area (Å²) in [5, 5.41) is 11.0. The Morgan fingerprint density at radius 3 is 2.55 bits per heavy atom. The van der Waals surface area contributed by atoms with Crippen molar-refractivity contribution >= 4 is 41.6 Å². The van der Waals surface area contributed by atoms with Crippen LogP contribution < -0.4 is 11.1 Å². The molecule has 164 valence electrons. The molecule has 0 spiro atoms. The highest BCUT2D eigenvalue weighted by atomic mass is 32.2. The molecule has 3 rings (SSSR count). The zero-order valence-electron chi connectivity index (χ0n) is 16.3. The fourth-order valence-electron chi connectivity index (χ4n) is 3.11. The average Bonchev–Trinajstić information content (AvgIpc) is 2.76. The molecule has 2 aliphatic rings. The minimum Gasteiger partial charge on any atom is -0.477 e. The number of amides is 3. The van der Waals surface area contributed by atoms with Crippen molar-refractivity contribution in [2.75, 3.05) is 19.0 Å². The second-order valence-electron chi connectivity index (χ2n) is 6.49. The van der Waals surface area contributed by atoms with Gasteiger partial charge in [0.05, 0.1) is 17.7 Å². The summed E-state index contributed by atoms with van der Waals surface area (Å²) in [5.41, 5.74) is 5.44. The molecule has 2 heterocycles. The number of carbonyl (C=O) groups is 5. The molecule has 1 fully saturated rings. The van der Waals surface area contributed by atoms with Gasteiger partial charge in [-0.05, 0) is 19.1 Å². The summed E-state index contributed by atoms with van der Waals surface area (Å²) in [6.45, 7) is 1.24. The number of benzene rings is 1. The van der Waals surface area contributed by atoms with E-state index in [1.807, 2.05) is 5.32 Å². The Kier molecular flexibility index (Phi) is 6.61. The molecule has 2 aliphatic heterocycles. The van der Waals surface area contributed by atoms with Crippen molar-refractivity contribution in [3.63, 3.8) is 0 Å². The van der Waals surface area contributed by atoms with E-state index in [-0.39, 0.29) is 34.8 Å². The van der Waals surface area contributed by atoms with E-state index in [0.717, 1.165) is 4.90 Å². The van der Waals surface area contributed by atoms with Gasteiger partial charge in [0.25, 0.3) is 5.91 Å². The lowest BCUT2D eigenvalue weighted by Gasteiger charge is -2.47. The monoisotopic (exact) mass is 449 g/mol. The molecule has 0 aromatic heterocycles. The smallest absolute Gasteiger partial charge is 0.414 e. The van der Waals surface area contributed by atoms with E-state index in [0.29, 0.717) is 0 Å². The predicted octanol–water partition coefficient (Wildman–Crippen LogP) is 0.311. The molecule has 3 amide bonds. The number of carboxylic acid groups (broad SMARTS) is 1. The van der Waals surface area contributed by atoms with E-state index < -0.39 is 47.9 Å². The van der Waals surface area contributed by atoms with Crippen LogP contribution in [0.1, 0.15) is 27.6 Å². The van der Waals surface area contributed by atoms with Crippen molar-refractivity contribution in [1.82, 2.24) is 10.2 Å². The van der Waals surface area contributed by atoms with E-state index in [9.17, 15) is 29.1 Å². The SMILES string of the molecule is CCOC(=O)NC(=O)c1ccccc1C(=O)OCC1=C(C(=O)O)N2C(=O)[C@@H](N)[C@H]2SC1. The minimum absolute atomic E-state index is 0.0626. The van der Waals surface area contributed by atoms with Gasteiger partial charge in [0.15, 0.2) is 0 Å². The number of rotatable bonds is 6. The summed E-state index contributed by atoms with van der Waals surface area (Å²) < 4.78 is 9.87. The van der Waals surface area contributed by atoms with E-state index >= 15 is 0 Å². The third kappa shape index (κ3) is 4.39. The van der Waals surface area contributed by atoms with Crippen LogP contribution >= 0.6 is 11.8 Å². The van der Waals surface area contributed by atoms with Gasteiger partial charge in [-0.15, -0.1) is 11.8 Å². The molecule has 0 unspecified atom stereocenters. The predicted molar refractivity (Wildman–Crippen MR) is 107 cm³/mol. The standard InChI is InChI=1S/C19H19N3O8S/c1-2-29-19(28)21-14(23)10-5-3-4-6-11(10)18(27)30-7-9-8-31-16-12(20)15(24)22(16)13(9)17(25)26/h3-6,12,16H,2,7-8,20H2,1H3,(H,25,26)(H,21,23,28)/t12-,16-/m1/s1. The number of nitrogens with two attached hydrogens (primary N) is 1. The first kappa shape index (κ1) is 22.3. The molecule has 0 aliphatic carbocycles. The van der Waals surface area contributed by atoms with Gasteiger partial charge in [-0.1, -0.05) is 12.1 Å². The second kappa shape index (κ2) is 9.18. The Balaban J connectivity index is 1.75. The number of alkyl carbamates (subject to hydrolysis) is 1. The van der Waals surface area contributed by atoms with Crippen LogP contribution in [0.5, 0.6) is 0 Å². The van der Waals surface area contributed by atoms with Crippen LogP contribution in [0, 0.1) is 0 Å². The Hall–Kier alpha value is -3.38. The van der Waals surface area contributed by atoms with Gasteiger partial charge < -0.3 is 20.3 Å². The van der Waals surface area contributed by atoms with Gasteiger partial charge in [-0.3, -0.25) is 19.8 Å². The molecule has 1 saturated heterocycles. The topological polar surface area (TPSA) is 165 Å². The molecule has 4 N–H and O–H groups in total. The maximum atomic E-state index is 12.6. The molecular weight excluding hydrogens is 430 g/mol. The number of nitrogens with zero attached hydrogens (tertiary/aromatic N) is 1. The molecule has 0 saturated carbocycles. The number of fused-ring (bicyclic) bond motifs is 1. The van der Waals surface area contributed by atoms with Gasteiger partial charge in [-0.2, -0.15) is 0 Å². The first-order chi connectivity index (χ1) is 14.8. The van der Waals surface area contributed by atoms with Gasteiger partial charge in [-0.25, -0.2) is 14.4 Å². The normalized spacial score (nSPS) is 19.8. The van der Waals surface area contributed by atoms with Crippen LogP contribution in [0.25, 0.3) is 0 Å². The number of β-lactam (4-membered cyclic amide) rings is 1. The highest BCUT2D eigenvalue weighted by molar-refractivity contribution is 8.00. The lowest BCUT2D eigenvalue weighted by atomic mass is 10.0. The van der Waals surface area contributed by atoms with Crippen LogP contribution in [0.2, 0.25) is 0 Å². The number of nitrogens with one attached hydrogen (secondary N) is 1. The number of ether oxygens (including phenoxy) is 2. The maximum Gasteiger partial charge on any atom is 0.414 e.